The first-order chi connectivity index (χ1) is 18.4. The molecule has 0 aromatic heterocycles. The number of thioether (sulfide) groups is 1. The Balaban J connectivity index is 1.40. The highest BCUT2D eigenvalue weighted by atomic mass is 32.2. The van der Waals surface area contributed by atoms with Crippen LogP contribution in [0.1, 0.15) is 49.5 Å². The number of methoxy groups -OCH3 is 1. The minimum Gasteiger partial charge on any atom is -0.453 e. The molecule has 0 radical (unpaired) electrons. The smallest absolute Gasteiger partial charge is 0.412 e. The molecule has 3 amide bonds. The van der Waals surface area contributed by atoms with Crippen LogP contribution in [0.25, 0.3) is 0 Å². The molecule has 1 aliphatic rings. The van der Waals surface area contributed by atoms with E-state index in [4.69, 9.17) is 10.5 Å². The number of nitrogen functional groups attached to an aromatic ring is 1. The summed E-state index contributed by atoms with van der Waals surface area (Å²) in [4.78, 5) is 55.5. The highest BCUT2D eigenvalue weighted by molar-refractivity contribution is 8.13. The average Bonchev–Trinajstić information content (AvgIpc) is 3.18. The number of imide groups is 1. The fourth-order valence-electron chi connectivity index (χ4n) is 3.87. The Bertz CT molecular complexity index is 1370. The number of benzene rings is 3. The number of nitrogens with one attached hydrogen (secondary N) is 1. The van der Waals surface area contributed by atoms with Crippen molar-refractivity contribution in [1.82, 2.24) is 10.2 Å². The molecule has 3 aromatic rings. The summed E-state index contributed by atoms with van der Waals surface area (Å²) >= 11 is 1.26. The molecule has 0 unspecified atom stereocenters. The first-order valence-corrected chi connectivity index (χ1v) is 12.9. The maximum atomic E-state index is 12.9. The first kappa shape index (κ1) is 26.6. The van der Waals surface area contributed by atoms with Gasteiger partial charge in [0.15, 0.2) is 11.0 Å². The maximum absolute atomic E-state index is 12.9. The number of rotatable bonds is 8. The van der Waals surface area contributed by atoms with Crippen LogP contribution < -0.4 is 11.1 Å². The fraction of sp³-hybridized carbons (Fsp3) is 0.179. The first-order valence-electron chi connectivity index (χ1n) is 11.9. The van der Waals surface area contributed by atoms with Crippen molar-refractivity contribution in [2.75, 3.05) is 25.1 Å². The van der Waals surface area contributed by atoms with Crippen LogP contribution in [0, 0.1) is 0 Å². The molecule has 4 rings (SSSR count). The van der Waals surface area contributed by atoms with Gasteiger partial charge in [-0.3, -0.25) is 24.6 Å². The normalized spacial score (nSPS) is 12.9. The number of anilines is 1. The van der Waals surface area contributed by atoms with Crippen LogP contribution in [-0.2, 0) is 4.74 Å². The Morgan fingerprint density at radius 1 is 0.921 bits per heavy atom. The van der Waals surface area contributed by atoms with E-state index in [0.717, 1.165) is 0 Å². The zero-order chi connectivity index (χ0) is 27.1. The van der Waals surface area contributed by atoms with Crippen molar-refractivity contribution in [2.24, 2.45) is 4.99 Å². The van der Waals surface area contributed by atoms with Gasteiger partial charge < -0.3 is 10.5 Å². The highest BCUT2D eigenvalue weighted by Crippen LogP contribution is 2.27. The predicted molar refractivity (Wildman–Crippen MR) is 147 cm³/mol. The number of nitrogens with two attached hydrogens (primary N) is 1. The highest BCUT2D eigenvalue weighted by Gasteiger charge is 2.34. The number of amidine groups is 1. The number of aliphatic imine (C=N–C) groups is 1. The summed E-state index contributed by atoms with van der Waals surface area (Å²) in [5.41, 5.74) is 8.57. The Kier molecular flexibility index (Phi) is 8.55. The van der Waals surface area contributed by atoms with Crippen molar-refractivity contribution in [1.29, 1.82) is 0 Å². The molecule has 0 spiro atoms. The number of hydrogen-bond donors (Lipinski definition) is 2. The van der Waals surface area contributed by atoms with Gasteiger partial charge in [-0.05, 0) is 43.2 Å². The molecule has 0 bridgehead atoms. The van der Waals surface area contributed by atoms with E-state index in [1.54, 1.807) is 66.7 Å². The third kappa shape index (κ3) is 6.09. The summed E-state index contributed by atoms with van der Waals surface area (Å²) in [6.45, 7) is 0.292. The third-order valence-corrected chi connectivity index (χ3v) is 6.80. The molecule has 10 heteroatoms. The molecule has 3 aromatic carbocycles. The van der Waals surface area contributed by atoms with Gasteiger partial charge in [-0.1, -0.05) is 54.2 Å². The van der Waals surface area contributed by atoms with Crippen molar-refractivity contribution < 1.29 is 23.9 Å². The molecular weight excluding hydrogens is 504 g/mol. The summed E-state index contributed by atoms with van der Waals surface area (Å²) < 4.78 is 4.71. The monoisotopic (exact) mass is 530 g/mol. The van der Waals surface area contributed by atoms with Crippen molar-refractivity contribution in [2.45, 2.75) is 12.8 Å². The molecule has 1 heterocycles. The van der Waals surface area contributed by atoms with Crippen molar-refractivity contribution >= 4 is 52.0 Å². The standard InChI is InChI=1S/C28H26N4O5S/c1-37-28(36)31-27(30-23-17-19(13-14-22(23)29)24(33)18-9-3-2-4-10-18)38-16-8-7-15-32-25(34)20-11-5-6-12-21(20)26(32)35/h2-6,9-14,17H,7-8,15-16,29H2,1H3,(H,30,31,36). The van der Waals surface area contributed by atoms with Gasteiger partial charge in [0.2, 0.25) is 0 Å². The molecule has 0 saturated carbocycles. The summed E-state index contributed by atoms with van der Waals surface area (Å²) in [6.07, 6.45) is 0.521. The molecule has 1 aliphatic heterocycles. The van der Waals surface area contributed by atoms with Crippen LogP contribution in [0.5, 0.6) is 0 Å². The van der Waals surface area contributed by atoms with Gasteiger partial charge in [-0.15, -0.1) is 0 Å². The van der Waals surface area contributed by atoms with Gasteiger partial charge in [0.1, 0.15) is 0 Å². The van der Waals surface area contributed by atoms with E-state index in [1.165, 1.54) is 23.8 Å². The van der Waals surface area contributed by atoms with Crippen molar-refractivity contribution in [3.05, 3.63) is 95.1 Å². The molecular formula is C28H26N4O5S. The van der Waals surface area contributed by atoms with Crippen LogP contribution in [0.3, 0.4) is 0 Å². The topological polar surface area (TPSA) is 131 Å². The lowest BCUT2D eigenvalue weighted by Gasteiger charge is -2.13. The summed E-state index contributed by atoms with van der Waals surface area (Å²) in [7, 11) is 1.24. The van der Waals surface area contributed by atoms with E-state index in [1.807, 2.05) is 6.07 Å². The third-order valence-electron chi connectivity index (χ3n) is 5.84. The minimum absolute atomic E-state index is 0.176. The molecule has 9 nitrogen and oxygen atoms in total. The molecule has 3 N–H and O–H groups in total. The second-order valence-corrected chi connectivity index (χ2v) is 9.45. The average molecular weight is 531 g/mol. The lowest BCUT2D eigenvalue weighted by atomic mass is 10.0. The number of alkyl carbamates (subject to hydrolysis) is 1. The van der Waals surface area contributed by atoms with Gasteiger partial charge in [0.05, 0.1) is 29.6 Å². The Labute approximate surface area is 224 Å². The molecule has 0 saturated heterocycles. The van der Waals surface area contributed by atoms with E-state index < -0.39 is 6.09 Å². The number of unbranched alkanes of at least 4 members (excludes halogenated alkanes) is 1. The summed E-state index contributed by atoms with van der Waals surface area (Å²) in [5, 5.41) is 2.82. The van der Waals surface area contributed by atoms with Gasteiger partial charge in [0, 0.05) is 23.4 Å². The summed E-state index contributed by atoms with van der Waals surface area (Å²) in [5.74, 6) is -0.207. The fourth-order valence-corrected chi connectivity index (χ4v) is 4.73. The molecule has 194 valence electrons. The summed E-state index contributed by atoms with van der Waals surface area (Å²) in [6, 6.07) is 20.4. The van der Waals surface area contributed by atoms with Crippen LogP contribution >= 0.6 is 11.8 Å². The molecule has 0 aliphatic carbocycles. The van der Waals surface area contributed by atoms with Crippen molar-refractivity contribution in [3.63, 3.8) is 0 Å². The second kappa shape index (κ2) is 12.2. The molecule has 0 atom stereocenters. The van der Waals surface area contributed by atoms with Crippen LogP contribution in [0.4, 0.5) is 16.2 Å². The number of ether oxygens (including phenoxy) is 1. The van der Waals surface area contributed by atoms with E-state index in [0.29, 0.717) is 58.8 Å². The SMILES string of the molecule is COC(=O)NC(=Nc1cc(C(=O)c2ccccc2)ccc1N)SCCCCN1C(=O)c2ccccc2C1=O. The number of carbonyl (C=O) groups excluding carboxylic acids is 4. The van der Waals surface area contributed by atoms with Crippen LogP contribution in [0.15, 0.2) is 77.8 Å². The van der Waals surface area contributed by atoms with Gasteiger partial charge in [-0.2, -0.15) is 0 Å². The minimum atomic E-state index is -0.697. The second-order valence-electron chi connectivity index (χ2n) is 8.37. The van der Waals surface area contributed by atoms with Gasteiger partial charge in [-0.25, -0.2) is 9.79 Å². The van der Waals surface area contributed by atoms with Crippen molar-refractivity contribution in [3.8, 4) is 0 Å². The van der Waals surface area contributed by atoms with E-state index >= 15 is 0 Å². The number of ketones is 1. The predicted octanol–water partition coefficient (Wildman–Crippen LogP) is 4.65. The zero-order valence-electron chi connectivity index (χ0n) is 20.7. The molecule has 0 fully saturated rings. The number of hydrogen-bond acceptors (Lipinski definition) is 8. The largest absolute Gasteiger partial charge is 0.453 e. The van der Waals surface area contributed by atoms with Crippen LogP contribution in [0.2, 0.25) is 0 Å². The van der Waals surface area contributed by atoms with E-state index in [2.05, 4.69) is 10.3 Å². The van der Waals surface area contributed by atoms with Gasteiger partial charge >= 0.3 is 6.09 Å². The number of amides is 3. The van der Waals surface area contributed by atoms with Gasteiger partial charge in [0.25, 0.3) is 11.8 Å². The van der Waals surface area contributed by atoms with E-state index in [-0.39, 0.29) is 22.8 Å². The van der Waals surface area contributed by atoms with Crippen LogP contribution in [-0.4, -0.2) is 53.2 Å². The quantitative estimate of drug-likeness (QED) is 0.108. The number of nitrogens with zero attached hydrogens (tertiary/aromatic N) is 2. The number of fused-ring (bicyclic) bond motifs is 1. The van der Waals surface area contributed by atoms with E-state index in [9.17, 15) is 19.2 Å². The number of carbonyl (C=O) groups is 4. The Morgan fingerprint density at radius 3 is 2.24 bits per heavy atom. The zero-order valence-corrected chi connectivity index (χ0v) is 21.5. The Hall–Kier alpha value is -4.44. The molecule has 38 heavy (non-hydrogen) atoms. The Morgan fingerprint density at radius 2 is 1.58 bits per heavy atom. The lowest BCUT2D eigenvalue weighted by molar-refractivity contribution is 0.0652. The lowest BCUT2D eigenvalue weighted by Crippen LogP contribution is -2.31. The maximum Gasteiger partial charge on any atom is 0.412 e.